The third-order valence-electron chi connectivity index (χ3n) is 2.90. The van der Waals surface area contributed by atoms with Crippen molar-refractivity contribution in [3.8, 4) is 0 Å². The first kappa shape index (κ1) is 14.0. The molecule has 0 N–H and O–H groups in total. The highest BCUT2D eigenvalue weighted by atomic mass is 79.9. The minimum Gasteiger partial charge on any atom is -0.378 e. The molecule has 2 rings (SSSR count). The summed E-state index contributed by atoms with van der Waals surface area (Å²) >= 11 is 3.32. The summed E-state index contributed by atoms with van der Waals surface area (Å²) in [6, 6.07) is -0.171. The Bertz CT molecular complexity index is 502. The van der Waals surface area contributed by atoms with Gasteiger partial charge >= 0.3 is 0 Å². The SMILES string of the molecule is CCn1cnc(S(=O)(=O)N2CCOCC2CBr)c1. The summed E-state index contributed by atoms with van der Waals surface area (Å²) in [6.45, 7) is 3.86. The summed E-state index contributed by atoms with van der Waals surface area (Å²) in [5.41, 5.74) is 0. The number of alkyl halides is 1. The molecule has 6 nitrogen and oxygen atoms in total. The Morgan fingerprint density at radius 2 is 2.39 bits per heavy atom. The van der Waals surface area contributed by atoms with Gasteiger partial charge in [-0.25, -0.2) is 13.4 Å². The predicted octanol–water partition coefficient (Wildman–Crippen LogP) is 0.687. The van der Waals surface area contributed by atoms with Gasteiger partial charge in [0, 0.05) is 24.6 Å². The second-order valence-corrected chi connectivity index (χ2v) is 6.53. The van der Waals surface area contributed by atoms with Crippen molar-refractivity contribution >= 4 is 26.0 Å². The Morgan fingerprint density at radius 1 is 1.61 bits per heavy atom. The quantitative estimate of drug-likeness (QED) is 0.758. The lowest BCUT2D eigenvalue weighted by Crippen LogP contribution is -2.49. The largest absolute Gasteiger partial charge is 0.378 e. The van der Waals surface area contributed by atoms with E-state index in [2.05, 4.69) is 20.9 Å². The molecule has 1 saturated heterocycles. The fourth-order valence-electron chi connectivity index (χ4n) is 1.84. The summed E-state index contributed by atoms with van der Waals surface area (Å²) in [5, 5.41) is 0.665. The van der Waals surface area contributed by atoms with Gasteiger partial charge in [-0.05, 0) is 6.92 Å². The zero-order valence-corrected chi connectivity index (χ0v) is 12.5. The summed E-state index contributed by atoms with van der Waals surface area (Å²) < 4.78 is 33.4. The summed E-state index contributed by atoms with van der Waals surface area (Å²) in [7, 11) is -3.52. The van der Waals surface area contributed by atoms with Gasteiger partial charge in [0.05, 0.1) is 25.6 Å². The molecule has 0 aromatic carbocycles. The first-order valence-electron chi connectivity index (χ1n) is 5.77. The van der Waals surface area contributed by atoms with Crippen molar-refractivity contribution in [2.75, 3.05) is 25.1 Å². The summed E-state index contributed by atoms with van der Waals surface area (Å²) in [6.07, 6.45) is 3.10. The van der Waals surface area contributed by atoms with Crippen molar-refractivity contribution in [2.45, 2.75) is 24.5 Å². The third kappa shape index (κ3) is 2.61. The number of halogens is 1. The van der Waals surface area contributed by atoms with Crippen LogP contribution in [0.5, 0.6) is 0 Å². The molecule has 102 valence electrons. The maximum Gasteiger partial charge on any atom is 0.262 e. The second-order valence-electron chi connectivity index (χ2n) is 4.04. The van der Waals surface area contributed by atoms with Crippen molar-refractivity contribution in [3.63, 3.8) is 0 Å². The molecule has 18 heavy (non-hydrogen) atoms. The van der Waals surface area contributed by atoms with Gasteiger partial charge in [-0.1, -0.05) is 15.9 Å². The fraction of sp³-hybridized carbons (Fsp3) is 0.700. The highest BCUT2D eigenvalue weighted by Gasteiger charge is 2.34. The lowest BCUT2D eigenvalue weighted by Gasteiger charge is -2.32. The van der Waals surface area contributed by atoms with Crippen LogP contribution in [-0.4, -0.2) is 53.4 Å². The van der Waals surface area contributed by atoms with Crippen LogP contribution in [0.25, 0.3) is 0 Å². The van der Waals surface area contributed by atoms with Crippen LogP contribution in [0.2, 0.25) is 0 Å². The van der Waals surface area contributed by atoms with E-state index in [0.29, 0.717) is 31.6 Å². The number of ether oxygens (including phenoxy) is 1. The molecule has 1 aromatic heterocycles. The maximum absolute atomic E-state index is 12.5. The minimum atomic E-state index is -3.52. The van der Waals surface area contributed by atoms with Gasteiger partial charge in [0.15, 0.2) is 5.03 Å². The highest BCUT2D eigenvalue weighted by Crippen LogP contribution is 2.20. The number of hydrogen-bond acceptors (Lipinski definition) is 4. The standard InChI is InChI=1S/C10H16BrN3O3S/c1-2-13-6-10(12-8-13)18(15,16)14-3-4-17-7-9(14)5-11/h6,8-9H,2-5,7H2,1H3. The fourth-order valence-corrected chi connectivity index (χ4v) is 4.10. The molecule has 0 saturated carbocycles. The Kier molecular flexibility index (Phi) is 4.41. The van der Waals surface area contributed by atoms with E-state index in [4.69, 9.17) is 4.74 Å². The van der Waals surface area contributed by atoms with E-state index in [9.17, 15) is 8.42 Å². The second kappa shape index (κ2) is 5.68. The third-order valence-corrected chi connectivity index (χ3v) is 5.48. The normalized spacial score (nSPS) is 22.2. The van der Waals surface area contributed by atoms with E-state index in [1.807, 2.05) is 6.92 Å². The number of imidazole rings is 1. The molecular formula is C10H16BrN3O3S. The molecule has 0 aliphatic carbocycles. The van der Waals surface area contributed by atoms with Gasteiger partial charge in [-0.2, -0.15) is 4.31 Å². The number of nitrogens with zero attached hydrogens (tertiary/aromatic N) is 3. The first-order chi connectivity index (χ1) is 8.59. The number of aromatic nitrogens is 2. The number of aryl methyl sites for hydroxylation is 1. The van der Waals surface area contributed by atoms with E-state index in [-0.39, 0.29) is 11.1 Å². The van der Waals surface area contributed by atoms with Crippen LogP contribution in [-0.2, 0) is 21.3 Å². The molecule has 1 aliphatic heterocycles. The van der Waals surface area contributed by atoms with Gasteiger partial charge in [0.25, 0.3) is 10.0 Å². The van der Waals surface area contributed by atoms with Gasteiger partial charge < -0.3 is 9.30 Å². The lowest BCUT2D eigenvalue weighted by molar-refractivity contribution is 0.0412. The van der Waals surface area contributed by atoms with Gasteiger partial charge in [-0.15, -0.1) is 0 Å². The molecule has 8 heteroatoms. The molecule has 0 bridgehead atoms. The molecule has 1 unspecified atom stereocenters. The summed E-state index contributed by atoms with van der Waals surface area (Å²) in [4.78, 5) is 3.98. The molecular weight excluding hydrogens is 322 g/mol. The number of sulfonamides is 1. The molecule has 1 aliphatic rings. The molecule has 0 spiro atoms. The number of hydrogen-bond donors (Lipinski definition) is 0. The van der Waals surface area contributed by atoms with E-state index >= 15 is 0 Å². The van der Waals surface area contributed by atoms with Crippen LogP contribution in [0.1, 0.15) is 6.92 Å². The number of morpholine rings is 1. The first-order valence-corrected chi connectivity index (χ1v) is 8.33. The number of rotatable bonds is 4. The van der Waals surface area contributed by atoms with Crippen LogP contribution in [0.3, 0.4) is 0 Å². The van der Waals surface area contributed by atoms with Crippen molar-refractivity contribution in [2.24, 2.45) is 0 Å². The molecule has 1 atom stereocenters. The zero-order valence-electron chi connectivity index (χ0n) is 10.1. The van der Waals surface area contributed by atoms with E-state index in [1.54, 1.807) is 10.8 Å². The van der Waals surface area contributed by atoms with E-state index < -0.39 is 10.0 Å². The molecule has 1 aromatic rings. The van der Waals surface area contributed by atoms with Crippen LogP contribution < -0.4 is 0 Å². The topological polar surface area (TPSA) is 64.4 Å². The molecule has 0 radical (unpaired) electrons. The molecule has 1 fully saturated rings. The molecule has 0 amide bonds. The Labute approximate surface area is 115 Å². The van der Waals surface area contributed by atoms with Crippen LogP contribution in [0.15, 0.2) is 17.6 Å². The zero-order chi connectivity index (χ0) is 13.2. The van der Waals surface area contributed by atoms with E-state index in [0.717, 1.165) is 0 Å². The van der Waals surface area contributed by atoms with Crippen molar-refractivity contribution in [3.05, 3.63) is 12.5 Å². The average Bonchev–Trinajstić information content (AvgIpc) is 2.88. The maximum atomic E-state index is 12.5. The van der Waals surface area contributed by atoms with Gasteiger partial charge in [0.1, 0.15) is 0 Å². The van der Waals surface area contributed by atoms with Crippen molar-refractivity contribution < 1.29 is 13.2 Å². The van der Waals surface area contributed by atoms with Gasteiger partial charge in [0.2, 0.25) is 0 Å². The predicted molar refractivity (Wildman–Crippen MR) is 70.2 cm³/mol. The van der Waals surface area contributed by atoms with Gasteiger partial charge in [-0.3, -0.25) is 0 Å². The average molecular weight is 338 g/mol. The molecule has 2 heterocycles. The summed E-state index contributed by atoms with van der Waals surface area (Å²) in [5.74, 6) is 0. The van der Waals surface area contributed by atoms with E-state index in [1.165, 1.54) is 10.6 Å². The van der Waals surface area contributed by atoms with Crippen LogP contribution >= 0.6 is 15.9 Å². The Morgan fingerprint density at radius 3 is 3.00 bits per heavy atom. The van der Waals surface area contributed by atoms with Crippen molar-refractivity contribution in [1.29, 1.82) is 0 Å². The van der Waals surface area contributed by atoms with Crippen LogP contribution in [0.4, 0.5) is 0 Å². The highest BCUT2D eigenvalue weighted by molar-refractivity contribution is 9.09. The smallest absolute Gasteiger partial charge is 0.262 e. The lowest BCUT2D eigenvalue weighted by atomic mass is 10.3. The monoisotopic (exact) mass is 337 g/mol. The van der Waals surface area contributed by atoms with Crippen LogP contribution in [0, 0.1) is 0 Å². The minimum absolute atomic E-state index is 0.109. The Hall–Kier alpha value is -0.440. The Balaban J connectivity index is 2.28. The van der Waals surface area contributed by atoms with Crippen molar-refractivity contribution in [1.82, 2.24) is 13.9 Å².